The Bertz CT molecular complexity index is 351. The van der Waals surface area contributed by atoms with E-state index in [0.717, 1.165) is 11.3 Å². The average molecular weight is 288 g/mol. The van der Waals surface area contributed by atoms with Crippen LogP contribution in [0.15, 0.2) is 18.2 Å². The molecule has 2 rings (SSSR count). The zero-order chi connectivity index (χ0) is 9.26. The second kappa shape index (κ2) is 3.53. The summed E-state index contributed by atoms with van der Waals surface area (Å²) in [6, 6.07) is 6.12. The van der Waals surface area contributed by atoms with Gasteiger partial charge in [-0.3, -0.25) is 4.79 Å². The molecule has 0 bridgehead atoms. The first kappa shape index (κ1) is 8.80. The van der Waals surface area contributed by atoms with Crippen LogP contribution >= 0.6 is 22.6 Å². The first-order valence-electron chi connectivity index (χ1n) is 4.05. The van der Waals surface area contributed by atoms with Gasteiger partial charge in [-0.1, -0.05) is 0 Å². The molecule has 0 aromatic heterocycles. The molecule has 1 aliphatic rings. The number of hydrogen-bond acceptors (Lipinski definition) is 2. The van der Waals surface area contributed by atoms with E-state index in [1.807, 2.05) is 12.1 Å². The minimum absolute atomic E-state index is 0.0474. The second-order valence-corrected chi connectivity index (χ2v) is 4.18. The van der Waals surface area contributed by atoms with Crippen molar-refractivity contribution < 1.29 is 4.79 Å². The SMILES string of the molecule is O=C1CNc2ccc(I)cc2CN1. The summed E-state index contributed by atoms with van der Waals surface area (Å²) >= 11 is 2.26. The molecule has 1 amide bonds. The molecule has 2 N–H and O–H groups in total. The van der Waals surface area contributed by atoms with Gasteiger partial charge in [0.2, 0.25) is 5.91 Å². The third-order valence-corrected chi connectivity index (χ3v) is 2.65. The lowest BCUT2D eigenvalue weighted by molar-refractivity contribution is -0.119. The molecule has 0 unspecified atom stereocenters. The van der Waals surface area contributed by atoms with E-state index in [1.165, 1.54) is 3.57 Å². The Morgan fingerprint density at radius 2 is 2.08 bits per heavy atom. The van der Waals surface area contributed by atoms with Gasteiger partial charge in [-0.15, -0.1) is 0 Å². The van der Waals surface area contributed by atoms with Crippen LogP contribution < -0.4 is 10.6 Å². The van der Waals surface area contributed by atoms with Gasteiger partial charge in [0.25, 0.3) is 0 Å². The van der Waals surface area contributed by atoms with Gasteiger partial charge in [0.05, 0.1) is 6.54 Å². The van der Waals surface area contributed by atoms with Crippen molar-refractivity contribution in [2.24, 2.45) is 0 Å². The molecule has 0 saturated heterocycles. The van der Waals surface area contributed by atoms with E-state index in [0.29, 0.717) is 13.1 Å². The summed E-state index contributed by atoms with van der Waals surface area (Å²) in [5.74, 6) is 0.0474. The molecule has 1 aromatic rings. The summed E-state index contributed by atoms with van der Waals surface area (Å²) < 4.78 is 1.19. The lowest BCUT2D eigenvalue weighted by Gasteiger charge is -2.05. The fraction of sp³-hybridized carbons (Fsp3) is 0.222. The molecule has 13 heavy (non-hydrogen) atoms. The molecule has 1 aromatic carbocycles. The number of carbonyl (C=O) groups excluding carboxylic acids is 1. The zero-order valence-corrected chi connectivity index (χ0v) is 9.09. The van der Waals surface area contributed by atoms with E-state index in [4.69, 9.17) is 0 Å². The van der Waals surface area contributed by atoms with Crippen LogP contribution in [-0.2, 0) is 11.3 Å². The fourth-order valence-electron chi connectivity index (χ4n) is 1.31. The maximum Gasteiger partial charge on any atom is 0.239 e. The Hall–Kier alpha value is -0.780. The summed E-state index contributed by atoms with van der Waals surface area (Å²) in [5, 5.41) is 5.91. The van der Waals surface area contributed by atoms with Crippen LogP contribution in [0.3, 0.4) is 0 Å². The predicted molar refractivity (Wildman–Crippen MR) is 59.5 cm³/mol. The molecule has 1 heterocycles. The third kappa shape index (κ3) is 1.93. The van der Waals surface area contributed by atoms with Crippen LogP contribution in [0, 0.1) is 3.57 Å². The summed E-state index contributed by atoms with van der Waals surface area (Å²) in [6.45, 7) is 0.992. The van der Waals surface area contributed by atoms with Gasteiger partial charge in [0.1, 0.15) is 0 Å². The van der Waals surface area contributed by atoms with Crippen molar-refractivity contribution in [2.75, 3.05) is 11.9 Å². The van der Waals surface area contributed by atoms with E-state index in [1.54, 1.807) is 0 Å². The predicted octanol–water partition coefficient (Wildman–Crippen LogP) is 1.33. The van der Waals surface area contributed by atoms with Crippen LogP contribution in [-0.4, -0.2) is 12.5 Å². The number of halogens is 1. The van der Waals surface area contributed by atoms with Crippen LogP contribution in [0.25, 0.3) is 0 Å². The monoisotopic (exact) mass is 288 g/mol. The second-order valence-electron chi connectivity index (χ2n) is 2.93. The Labute approximate surface area is 90.0 Å². The van der Waals surface area contributed by atoms with E-state index in [2.05, 4.69) is 39.3 Å². The number of carbonyl (C=O) groups is 1. The highest BCUT2D eigenvalue weighted by atomic mass is 127. The first-order valence-corrected chi connectivity index (χ1v) is 5.12. The molecule has 0 saturated carbocycles. The minimum Gasteiger partial charge on any atom is -0.376 e. The molecular formula is C9H9IN2O. The summed E-state index contributed by atoms with van der Waals surface area (Å²) in [5.41, 5.74) is 2.21. The van der Waals surface area contributed by atoms with Crippen molar-refractivity contribution in [1.29, 1.82) is 0 Å². The molecule has 68 valence electrons. The average Bonchev–Trinajstić information content (AvgIpc) is 2.29. The topological polar surface area (TPSA) is 41.1 Å². The minimum atomic E-state index is 0.0474. The molecule has 0 radical (unpaired) electrons. The Morgan fingerprint density at radius 1 is 1.23 bits per heavy atom. The van der Waals surface area contributed by atoms with Gasteiger partial charge < -0.3 is 10.6 Å². The van der Waals surface area contributed by atoms with Crippen LogP contribution in [0.2, 0.25) is 0 Å². The highest BCUT2D eigenvalue weighted by Gasteiger charge is 2.10. The van der Waals surface area contributed by atoms with Crippen LogP contribution in [0.5, 0.6) is 0 Å². The quantitative estimate of drug-likeness (QED) is 0.707. The number of nitrogens with one attached hydrogen (secondary N) is 2. The van der Waals surface area contributed by atoms with Gasteiger partial charge >= 0.3 is 0 Å². The van der Waals surface area contributed by atoms with Gasteiger partial charge in [0.15, 0.2) is 0 Å². The van der Waals surface area contributed by atoms with Crippen molar-refractivity contribution >= 4 is 34.2 Å². The fourth-order valence-corrected chi connectivity index (χ4v) is 1.87. The highest BCUT2D eigenvalue weighted by molar-refractivity contribution is 14.1. The Balaban J connectivity index is 2.35. The smallest absolute Gasteiger partial charge is 0.239 e. The van der Waals surface area contributed by atoms with Gasteiger partial charge in [-0.25, -0.2) is 0 Å². The molecule has 0 fully saturated rings. The highest BCUT2D eigenvalue weighted by Crippen LogP contribution is 2.19. The summed E-state index contributed by atoms with van der Waals surface area (Å²) in [6.07, 6.45) is 0. The van der Waals surface area contributed by atoms with E-state index in [9.17, 15) is 4.79 Å². The van der Waals surface area contributed by atoms with Crippen molar-refractivity contribution in [3.63, 3.8) is 0 Å². The van der Waals surface area contributed by atoms with Crippen molar-refractivity contribution in [2.45, 2.75) is 6.54 Å². The molecular weight excluding hydrogens is 279 g/mol. The Morgan fingerprint density at radius 3 is 2.92 bits per heavy atom. The first-order chi connectivity index (χ1) is 6.25. The number of amides is 1. The number of benzene rings is 1. The molecule has 0 atom stereocenters. The number of fused-ring (bicyclic) bond motifs is 1. The van der Waals surface area contributed by atoms with E-state index in [-0.39, 0.29) is 5.91 Å². The molecule has 0 spiro atoms. The lowest BCUT2D eigenvalue weighted by Crippen LogP contribution is -2.25. The van der Waals surface area contributed by atoms with Crippen molar-refractivity contribution in [1.82, 2.24) is 5.32 Å². The summed E-state index contributed by atoms with van der Waals surface area (Å²) in [4.78, 5) is 11.1. The van der Waals surface area contributed by atoms with Gasteiger partial charge in [-0.2, -0.15) is 0 Å². The van der Waals surface area contributed by atoms with Crippen molar-refractivity contribution in [3.05, 3.63) is 27.3 Å². The number of hydrogen-bond donors (Lipinski definition) is 2. The Kier molecular flexibility index (Phi) is 2.39. The molecule has 1 aliphatic heterocycles. The van der Waals surface area contributed by atoms with E-state index < -0.39 is 0 Å². The van der Waals surface area contributed by atoms with Gasteiger partial charge in [0, 0.05) is 15.8 Å². The van der Waals surface area contributed by atoms with E-state index >= 15 is 0 Å². The normalized spacial score (nSPS) is 15.3. The zero-order valence-electron chi connectivity index (χ0n) is 6.93. The molecule has 3 nitrogen and oxygen atoms in total. The number of anilines is 1. The largest absolute Gasteiger partial charge is 0.376 e. The molecule has 4 heteroatoms. The van der Waals surface area contributed by atoms with Gasteiger partial charge in [-0.05, 0) is 46.4 Å². The van der Waals surface area contributed by atoms with Crippen LogP contribution in [0.1, 0.15) is 5.56 Å². The van der Waals surface area contributed by atoms with Crippen LogP contribution in [0.4, 0.5) is 5.69 Å². The third-order valence-electron chi connectivity index (χ3n) is 1.98. The number of rotatable bonds is 0. The standard InChI is InChI=1S/C9H9IN2O/c10-7-1-2-8-6(3-7)4-12-9(13)5-11-8/h1-3,11H,4-5H2,(H,12,13). The molecule has 0 aliphatic carbocycles. The maximum atomic E-state index is 11.1. The maximum absolute atomic E-state index is 11.1. The summed E-state index contributed by atoms with van der Waals surface area (Å²) in [7, 11) is 0. The lowest BCUT2D eigenvalue weighted by atomic mass is 10.2. The van der Waals surface area contributed by atoms with Crippen molar-refractivity contribution in [3.8, 4) is 0 Å².